The number of aromatic nitrogens is 4. The van der Waals surface area contributed by atoms with Crippen LogP contribution in [0.4, 0.5) is 27.3 Å². The molecule has 17 heteroatoms. The van der Waals surface area contributed by atoms with Gasteiger partial charge in [0.05, 0.1) is 25.8 Å². The van der Waals surface area contributed by atoms with Gasteiger partial charge in [-0.25, -0.2) is 19.3 Å². The lowest BCUT2D eigenvalue weighted by molar-refractivity contribution is -0.120. The van der Waals surface area contributed by atoms with Crippen molar-refractivity contribution in [3.63, 3.8) is 0 Å². The first-order chi connectivity index (χ1) is 25.2. The third-order valence-electron chi connectivity index (χ3n) is 8.17. The van der Waals surface area contributed by atoms with Crippen molar-refractivity contribution in [1.29, 1.82) is 0 Å². The van der Waals surface area contributed by atoms with E-state index in [2.05, 4.69) is 41.5 Å². The summed E-state index contributed by atoms with van der Waals surface area (Å²) in [6.45, 7) is 0.311. The van der Waals surface area contributed by atoms with Gasteiger partial charge in [-0.15, -0.1) is 0 Å². The number of hydrogen-bond donors (Lipinski definition) is 8. The van der Waals surface area contributed by atoms with Crippen LogP contribution in [0.15, 0.2) is 85.5 Å². The Bertz CT molecular complexity index is 2010. The van der Waals surface area contributed by atoms with Gasteiger partial charge in [0.15, 0.2) is 28.3 Å². The molecule has 0 unspecified atom stereocenters. The highest BCUT2D eigenvalue weighted by atomic mass is 32.1. The fourth-order valence-electron chi connectivity index (χ4n) is 5.51. The van der Waals surface area contributed by atoms with Gasteiger partial charge in [-0.3, -0.25) is 14.2 Å². The molecule has 4 atom stereocenters. The van der Waals surface area contributed by atoms with Crippen molar-refractivity contribution in [3.05, 3.63) is 102 Å². The number of hydrogen-bond acceptors (Lipinski definition) is 11. The molecular formula is C35H36FN9O6S. The summed E-state index contributed by atoms with van der Waals surface area (Å²) in [5, 5.41) is 45.2. The number of thiocarbonyl (C=S) groups is 1. The number of amides is 2. The largest absolute Gasteiger partial charge is 0.394 e. The van der Waals surface area contributed by atoms with E-state index in [1.54, 1.807) is 48.5 Å². The van der Waals surface area contributed by atoms with E-state index in [1.807, 2.05) is 12.1 Å². The number of halogens is 1. The Morgan fingerprint density at radius 1 is 0.788 bits per heavy atom. The van der Waals surface area contributed by atoms with Crippen molar-refractivity contribution in [2.75, 3.05) is 35.6 Å². The highest BCUT2D eigenvalue weighted by Crippen LogP contribution is 2.32. The van der Waals surface area contributed by atoms with Crippen LogP contribution < -0.4 is 26.6 Å². The van der Waals surface area contributed by atoms with Gasteiger partial charge in [-0.05, 0) is 71.9 Å². The fraction of sp³-hybridized carbons (Fsp3) is 0.257. The molecule has 2 aromatic heterocycles. The zero-order valence-electron chi connectivity index (χ0n) is 27.6. The highest BCUT2D eigenvalue weighted by molar-refractivity contribution is 7.80. The molecular weight excluding hydrogens is 694 g/mol. The van der Waals surface area contributed by atoms with Crippen molar-refractivity contribution in [2.45, 2.75) is 37.4 Å². The average molecular weight is 730 g/mol. The molecule has 1 saturated heterocycles. The number of carbonyl (C=O) groups excluding carboxylic acids is 2. The number of rotatable bonds is 13. The molecule has 3 heterocycles. The number of benzene rings is 3. The maximum atomic E-state index is 13.0. The Kier molecular flexibility index (Phi) is 11.6. The van der Waals surface area contributed by atoms with Crippen molar-refractivity contribution >= 4 is 63.2 Å². The molecule has 1 aliphatic heterocycles. The predicted octanol–water partition coefficient (Wildman–Crippen LogP) is 2.15. The molecule has 1 aliphatic rings. The Balaban J connectivity index is 0.935. The van der Waals surface area contributed by atoms with Crippen LogP contribution in [0.25, 0.3) is 11.2 Å². The number of fused-ring (bicyclic) bond motifs is 1. The van der Waals surface area contributed by atoms with Crippen LogP contribution in [-0.2, 0) is 27.2 Å². The Morgan fingerprint density at radius 2 is 1.40 bits per heavy atom. The number of aliphatic hydroxyl groups excluding tert-OH is 3. The molecule has 0 aliphatic carbocycles. The van der Waals surface area contributed by atoms with E-state index in [0.717, 1.165) is 11.1 Å². The van der Waals surface area contributed by atoms with Gasteiger partial charge in [-0.2, -0.15) is 0 Å². The molecule has 15 nitrogen and oxygen atoms in total. The number of aliphatic hydroxyl groups is 3. The van der Waals surface area contributed by atoms with E-state index in [-0.39, 0.29) is 30.5 Å². The van der Waals surface area contributed by atoms with Crippen LogP contribution >= 0.6 is 12.2 Å². The van der Waals surface area contributed by atoms with Crippen LogP contribution in [0.1, 0.15) is 17.4 Å². The van der Waals surface area contributed by atoms with Crippen LogP contribution in [0.5, 0.6) is 0 Å². The second-order valence-electron chi connectivity index (χ2n) is 11.9. The summed E-state index contributed by atoms with van der Waals surface area (Å²) in [5.41, 5.74) is 4.26. The van der Waals surface area contributed by atoms with Crippen LogP contribution in [0.3, 0.4) is 0 Å². The molecule has 8 N–H and O–H groups in total. The summed E-state index contributed by atoms with van der Waals surface area (Å²) >= 11 is 5.21. The third-order valence-corrected chi connectivity index (χ3v) is 8.42. The monoisotopic (exact) mass is 729 g/mol. The topological polar surface area (TPSA) is 208 Å². The first-order valence-electron chi connectivity index (χ1n) is 16.3. The standard InChI is InChI=1S/C35H36FN9O6S/c36-22-5-11-25(12-6-22)44-35(52)38-14-13-37-27(47)15-20-1-7-23(8-2-20)42-28(48)16-21-3-9-24(10-4-21)43-32-29-33(40-18-39-32)45(19-41-29)34-31(50)30(49)26(17-46)51-34/h1-12,18-19,26,30-31,34,46,49-50H,13-17H2,(H,37,47)(H,42,48)(H2,38,44,52)(H,39,40,43)/t26-,30-,31-,34-/m1/s1. The van der Waals surface area contributed by atoms with E-state index >= 15 is 0 Å². The molecule has 3 aromatic carbocycles. The van der Waals surface area contributed by atoms with Crippen LogP contribution in [0, 0.1) is 5.82 Å². The maximum absolute atomic E-state index is 13.0. The molecule has 0 radical (unpaired) electrons. The first-order valence-corrected chi connectivity index (χ1v) is 16.7. The number of ether oxygens (including phenoxy) is 1. The highest BCUT2D eigenvalue weighted by Gasteiger charge is 2.44. The van der Waals surface area contributed by atoms with Crippen molar-refractivity contribution in [1.82, 2.24) is 30.2 Å². The first kappa shape index (κ1) is 36.2. The number of nitrogens with zero attached hydrogens (tertiary/aromatic N) is 4. The van der Waals surface area contributed by atoms with Crippen LogP contribution in [-0.4, -0.2) is 89.8 Å². The number of anilines is 4. The average Bonchev–Trinajstić information content (AvgIpc) is 3.69. The molecule has 5 aromatic rings. The van der Waals surface area contributed by atoms with E-state index in [9.17, 15) is 29.3 Å². The van der Waals surface area contributed by atoms with Gasteiger partial charge in [-0.1, -0.05) is 24.3 Å². The van der Waals surface area contributed by atoms with Crippen molar-refractivity contribution < 1.29 is 34.0 Å². The van der Waals surface area contributed by atoms with E-state index < -0.39 is 31.1 Å². The van der Waals surface area contributed by atoms with Crippen molar-refractivity contribution in [2.24, 2.45) is 0 Å². The number of carbonyl (C=O) groups is 2. The van der Waals surface area contributed by atoms with Gasteiger partial charge < -0.3 is 46.6 Å². The normalized spacial score (nSPS) is 18.2. The summed E-state index contributed by atoms with van der Waals surface area (Å²) in [7, 11) is 0. The lowest BCUT2D eigenvalue weighted by atomic mass is 10.1. The predicted molar refractivity (Wildman–Crippen MR) is 194 cm³/mol. The van der Waals surface area contributed by atoms with E-state index in [0.29, 0.717) is 52.2 Å². The molecule has 2 amide bonds. The molecule has 0 saturated carbocycles. The summed E-state index contributed by atoms with van der Waals surface area (Å²) in [6.07, 6.45) is -1.40. The third kappa shape index (κ3) is 9.00. The quantitative estimate of drug-likeness (QED) is 0.0647. The summed E-state index contributed by atoms with van der Waals surface area (Å²) in [6, 6.07) is 20.1. The number of imidazole rings is 1. The summed E-state index contributed by atoms with van der Waals surface area (Å²) in [4.78, 5) is 38.1. The van der Waals surface area contributed by atoms with Gasteiger partial charge in [0.25, 0.3) is 0 Å². The SMILES string of the molecule is O=C(Cc1ccc(NC(=O)Cc2ccc(Nc3ncnc4c3ncn4[C@@H]3O[C@H](CO)[C@@H](O)[C@H]3O)cc2)cc1)NCCNC(=S)Nc1ccc(F)cc1. The second-order valence-corrected chi connectivity index (χ2v) is 12.3. The Hall–Kier alpha value is -5.59. The van der Waals surface area contributed by atoms with E-state index in [4.69, 9.17) is 17.0 Å². The maximum Gasteiger partial charge on any atom is 0.228 e. The van der Waals surface area contributed by atoms with Crippen molar-refractivity contribution in [3.8, 4) is 0 Å². The molecule has 270 valence electrons. The second kappa shape index (κ2) is 16.6. The fourth-order valence-corrected chi connectivity index (χ4v) is 5.73. The van der Waals surface area contributed by atoms with Gasteiger partial charge in [0.2, 0.25) is 11.8 Å². The molecule has 1 fully saturated rings. The van der Waals surface area contributed by atoms with Gasteiger partial charge >= 0.3 is 0 Å². The molecule has 0 spiro atoms. The van der Waals surface area contributed by atoms with E-state index in [1.165, 1.54) is 29.4 Å². The lowest BCUT2D eigenvalue weighted by Crippen LogP contribution is -2.37. The molecule has 0 bridgehead atoms. The zero-order valence-corrected chi connectivity index (χ0v) is 28.4. The van der Waals surface area contributed by atoms with Gasteiger partial charge in [0, 0.05) is 30.2 Å². The lowest BCUT2D eigenvalue weighted by Gasteiger charge is -2.16. The minimum Gasteiger partial charge on any atom is -0.394 e. The number of nitrogens with one attached hydrogen (secondary N) is 5. The Labute approximate surface area is 302 Å². The Morgan fingerprint density at radius 3 is 2.08 bits per heavy atom. The smallest absolute Gasteiger partial charge is 0.228 e. The van der Waals surface area contributed by atoms with Crippen LogP contribution in [0.2, 0.25) is 0 Å². The molecule has 52 heavy (non-hydrogen) atoms. The zero-order chi connectivity index (χ0) is 36.6. The molecule has 6 rings (SSSR count). The summed E-state index contributed by atoms with van der Waals surface area (Å²) < 4.78 is 20.1. The summed E-state index contributed by atoms with van der Waals surface area (Å²) in [5.74, 6) is -0.310. The minimum absolute atomic E-state index is 0.133. The van der Waals surface area contributed by atoms with Gasteiger partial charge in [0.1, 0.15) is 30.5 Å². The minimum atomic E-state index is -1.28.